The van der Waals surface area contributed by atoms with Crippen LogP contribution >= 0.6 is 0 Å². The third kappa shape index (κ3) is 2.93. The fraction of sp³-hybridized carbons (Fsp3) is 0.429. The molecule has 102 valence electrons. The molecule has 0 aliphatic carbocycles. The molecular formula is C14H18N2O3. The standard InChI is InChI=1S/C14H18N2O3/c1-15-8-10-4-3-5-12(6-10)16-9-11(7-13(16)17)14(18)19-2/h3-6,11,15H,7-9H2,1-2H3. The fourth-order valence-corrected chi connectivity index (χ4v) is 2.32. The number of rotatable bonds is 4. The molecule has 0 aromatic heterocycles. The van der Waals surface area contributed by atoms with Crippen LogP contribution in [0.5, 0.6) is 0 Å². The Hall–Kier alpha value is -1.88. The molecule has 1 aromatic rings. The highest BCUT2D eigenvalue weighted by atomic mass is 16.5. The molecule has 1 amide bonds. The molecule has 1 saturated heterocycles. The zero-order valence-corrected chi connectivity index (χ0v) is 11.2. The van der Waals surface area contributed by atoms with Gasteiger partial charge in [0.25, 0.3) is 0 Å². The summed E-state index contributed by atoms with van der Waals surface area (Å²) in [7, 11) is 3.23. The summed E-state index contributed by atoms with van der Waals surface area (Å²) < 4.78 is 4.70. The van der Waals surface area contributed by atoms with Crippen LogP contribution in [0.4, 0.5) is 5.69 Å². The van der Waals surface area contributed by atoms with Crippen LogP contribution in [0.3, 0.4) is 0 Å². The molecule has 1 aromatic carbocycles. The highest BCUT2D eigenvalue weighted by molar-refractivity contribution is 5.99. The molecule has 1 atom stereocenters. The summed E-state index contributed by atoms with van der Waals surface area (Å²) in [5.41, 5.74) is 1.94. The Morgan fingerprint density at radius 2 is 2.32 bits per heavy atom. The molecule has 5 nitrogen and oxygen atoms in total. The second-order valence-corrected chi connectivity index (χ2v) is 4.63. The average molecular weight is 262 g/mol. The van der Waals surface area contributed by atoms with Crippen LogP contribution in [-0.4, -0.2) is 32.6 Å². The van der Waals surface area contributed by atoms with E-state index in [0.29, 0.717) is 6.54 Å². The minimum atomic E-state index is -0.356. The maximum absolute atomic E-state index is 12.0. The van der Waals surface area contributed by atoms with Crippen molar-refractivity contribution in [2.24, 2.45) is 5.92 Å². The number of hydrogen-bond donors (Lipinski definition) is 1. The zero-order chi connectivity index (χ0) is 13.8. The molecule has 0 saturated carbocycles. The molecule has 1 aliphatic heterocycles. The van der Waals surface area contributed by atoms with Crippen LogP contribution in [0.15, 0.2) is 24.3 Å². The van der Waals surface area contributed by atoms with Crippen molar-refractivity contribution in [3.63, 3.8) is 0 Å². The van der Waals surface area contributed by atoms with Crippen molar-refractivity contribution in [1.82, 2.24) is 5.32 Å². The summed E-state index contributed by atoms with van der Waals surface area (Å²) in [5, 5.41) is 3.07. The van der Waals surface area contributed by atoms with E-state index in [-0.39, 0.29) is 24.2 Å². The van der Waals surface area contributed by atoms with Gasteiger partial charge in [-0.3, -0.25) is 9.59 Å². The first-order chi connectivity index (χ1) is 9.15. The van der Waals surface area contributed by atoms with Gasteiger partial charge in [-0.25, -0.2) is 0 Å². The number of esters is 1. The molecule has 1 unspecified atom stereocenters. The summed E-state index contributed by atoms with van der Waals surface area (Å²) in [4.78, 5) is 25.1. The van der Waals surface area contributed by atoms with Gasteiger partial charge >= 0.3 is 5.97 Å². The topological polar surface area (TPSA) is 58.6 Å². The van der Waals surface area contributed by atoms with Crippen LogP contribution in [0.25, 0.3) is 0 Å². The van der Waals surface area contributed by atoms with E-state index in [0.717, 1.165) is 17.8 Å². The Balaban J connectivity index is 2.16. The van der Waals surface area contributed by atoms with Crippen molar-refractivity contribution in [1.29, 1.82) is 0 Å². The second-order valence-electron chi connectivity index (χ2n) is 4.63. The first-order valence-electron chi connectivity index (χ1n) is 6.27. The lowest BCUT2D eigenvalue weighted by Crippen LogP contribution is -2.26. The summed E-state index contributed by atoms with van der Waals surface area (Å²) >= 11 is 0. The molecule has 0 bridgehead atoms. The van der Waals surface area contributed by atoms with Gasteiger partial charge in [-0.05, 0) is 24.7 Å². The van der Waals surface area contributed by atoms with Crippen molar-refractivity contribution in [3.05, 3.63) is 29.8 Å². The van der Waals surface area contributed by atoms with Gasteiger partial charge in [0.2, 0.25) is 5.91 Å². The molecule has 19 heavy (non-hydrogen) atoms. The maximum Gasteiger partial charge on any atom is 0.311 e. The smallest absolute Gasteiger partial charge is 0.311 e. The lowest BCUT2D eigenvalue weighted by Gasteiger charge is -2.17. The molecule has 1 aliphatic rings. The van der Waals surface area contributed by atoms with E-state index in [1.807, 2.05) is 31.3 Å². The summed E-state index contributed by atoms with van der Waals surface area (Å²) in [6, 6.07) is 7.77. The Kier molecular flexibility index (Phi) is 4.16. The van der Waals surface area contributed by atoms with Crippen LogP contribution in [0.2, 0.25) is 0 Å². The highest BCUT2D eigenvalue weighted by Crippen LogP contribution is 2.26. The number of methoxy groups -OCH3 is 1. The minimum Gasteiger partial charge on any atom is -0.469 e. The van der Waals surface area contributed by atoms with Crippen molar-refractivity contribution < 1.29 is 14.3 Å². The van der Waals surface area contributed by atoms with Crippen LogP contribution < -0.4 is 10.2 Å². The van der Waals surface area contributed by atoms with Crippen molar-refractivity contribution in [3.8, 4) is 0 Å². The number of hydrogen-bond acceptors (Lipinski definition) is 4. The molecule has 1 heterocycles. The summed E-state index contributed by atoms with van der Waals surface area (Å²) in [6.45, 7) is 1.14. The van der Waals surface area contributed by atoms with E-state index in [1.54, 1.807) is 4.90 Å². The fourth-order valence-electron chi connectivity index (χ4n) is 2.32. The number of nitrogens with one attached hydrogen (secondary N) is 1. The predicted octanol–water partition coefficient (Wildman–Crippen LogP) is 0.932. The lowest BCUT2D eigenvalue weighted by atomic mass is 10.1. The maximum atomic E-state index is 12.0. The number of nitrogens with zero attached hydrogens (tertiary/aromatic N) is 1. The minimum absolute atomic E-state index is 0.0305. The van der Waals surface area contributed by atoms with E-state index < -0.39 is 0 Å². The molecule has 1 N–H and O–H groups in total. The first-order valence-corrected chi connectivity index (χ1v) is 6.27. The molecule has 2 rings (SSSR count). The van der Waals surface area contributed by atoms with E-state index in [4.69, 9.17) is 4.74 Å². The SMILES string of the molecule is CNCc1cccc(N2CC(C(=O)OC)CC2=O)c1. The van der Waals surface area contributed by atoms with Crippen molar-refractivity contribution >= 4 is 17.6 Å². The van der Waals surface area contributed by atoms with Gasteiger partial charge in [-0.1, -0.05) is 12.1 Å². The Labute approximate surface area is 112 Å². The monoisotopic (exact) mass is 262 g/mol. The van der Waals surface area contributed by atoms with Crippen molar-refractivity contribution in [2.45, 2.75) is 13.0 Å². The molecular weight excluding hydrogens is 244 g/mol. The van der Waals surface area contributed by atoms with Gasteiger partial charge < -0.3 is 15.0 Å². The normalized spacial score (nSPS) is 18.7. The predicted molar refractivity (Wildman–Crippen MR) is 71.7 cm³/mol. The third-order valence-electron chi connectivity index (χ3n) is 3.26. The highest BCUT2D eigenvalue weighted by Gasteiger charge is 2.35. The van der Waals surface area contributed by atoms with Crippen LogP contribution in [0, 0.1) is 5.92 Å². The van der Waals surface area contributed by atoms with Gasteiger partial charge in [0, 0.05) is 25.2 Å². The van der Waals surface area contributed by atoms with Gasteiger partial charge in [0.05, 0.1) is 13.0 Å². The number of amides is 1. The van der Waals surface area contributed by atoms with E-state index in [9.17, 15) is 9.59 Å². The van der Waals surface area contributed by atoms with Crippen LogP contribution in [-0.2, 0) is 20.9 Å². The third-order valence-corrected chi connectivity index (χ3v) is 3.26. The van der Waals surface area contributed by atoms with E-state index in [2.05, 4.69) is 5.32 Å². The quantitative estimate of drug-likeness (QED) is 0.820. The van der Waals surface area contributed by atoms with E-state index >= 15 is 0 Å². The Morgan fingerprint density at radius 3 is 3.00 bits per heavy atom. The molecule has 0 spiro atoms. The number of benzene rings is 1. The summed E-state index contributed by atoms with van der Waals surface area (Å²) in [6.07, 6.45) is 0.225. The first kappa shape index (κ1) is 13.5. The number of carbonyl (C=O) groups excluding carboxylic acids is 2. The summed E-state index contributed by atoms with van der Waals surface area (Å²) in [5.74, 6) is -0.704. The Bertz CT molecular complexity index is 487. The van der Waals surface area contributed by atoms with Gasteiger partial charge in [-0.15, -0.1) is 0 Å². The van der Waals surface area contributed by atoms with Gasteiger partial charge in [-0.2, -0.15) is 0 Å². The van der Waals surface area contributed by atoms with Crippen molar-refractivity contribution in [2.75, 3.05) is 25.6 Å². The molecule has 1 fully saturated rings. The average Bonchev–Trinajstić information content (AvgIpc) is 2.81. The molecule has 5 heteroatoms. The number of anilines is 1. The number of carbonyl (C=O) groups is 2. The van der Waals surface area contributed by atoms with Crippen LogP contribution in [0.1, 0.15) is 12.0 Å². The molecule has 0 radical (unpaired) electrons. The van der Waals surface area contributed by atoms with Gasteiger partial charge in [0.1, 0.15) is 0 Å². The number of ether oxygens (including phenoxy) is 1. The zero-order valence-electron chi connectivity index (χ0n) is 11.2. The van der Waals surface area contributed by atoms with Gasteiger partial charge in [0.15, 0.2) is 0 Å². The largest absolute Gasteiger partial charge is 0.469 e. The second kappa shape index (κ2) is 5.84. The lowest BCUT2D eigenvalue weighted by molar-refractivity contribution is -0.145. The Morgan fingerprint density at radius 1 is 1.53 bits per heavy atom. The van der Waals surface area contributed by atoms with E-state index in [1.165, 1.54) is 7.11 Å².